The number of nitrogens with one attached hydrogen (secondary N) is 1. The van der Waals surface area contributed by atoms with E-state index in [0.29, 0.717) is 6.42 Å². The molecule has 0 spiro atoms. The standard InChI is InChI=1S/C16H17BrFN/c1-11-9-14(17)7-8-16(11)19-12(2)10-13-5-3-4-6-15(13)18/h3-9,12,19H,10H2,1-2H3. The van der Waals surface area contributed by atoms with Gasteiger partial charge in [0.05, 0.1) is 0 Å². The molecule has 0 aliphatic rings. The Balaban J connectivity index is 2.05. The summed E-state index contributed by atoms with van der Waals surface area (Å²) in [6, 6.07) is 13.2. The third-order valence-corrected chi connectivity index (χ3v) is 3.57. The summed E-state index contributed by atoms with van der Waals surface area (Å²) in [6.07, 6.45) is 0.669. The lowest BCUT2D eigenvalue weighted by atomic mass is 10.1. The maximum Gasteiger partial charge on any atom is 0.126 e. The van der Waals surface area contributed by atoms with Crippen molar-refractivity contribution in [3.63, 3.8) is 0 Å². The average molecular weight is 322 g/mol. The van der Waals surface area contributed by atoms with Crippen LogP contribution in [-0.2, 0) is 6.42 Å². The lowest BCUT2D eigenvalue weighted by Crippen LogP contribution is -2.19. The fraction of sp³-hybridized carbons (Fsp3) is 0.250. The van der Waals surface area contributed by atoms with Gasteiger partial charge in [-0.05, 0) is 55.7 Å². The molecule has 0 aromatic heterocycles. The maximum atomic E-state index is 13.6. The molecule has 2 aromatic rings. The van der Waals surface area contributed by atoms with E-state index >= 15 is 0 Å². The molecule has 19 heavy (non-hydrogen) atoms. The van der Waals surface area contributed by atoms with Crippen LogP contribution >= 0.6 is 15.9 Å². The summed E-state index contributed by atoms with van der Waals surface area (Å²) in [5.41, 5.74) is 3.01. The first-order valence-corrected chi connectivity index (χ1v) is 7.11. The zero-order valence-corrected chi connectivity index (χ0v) is 12.7. The van der Waals surface area contributed by atoms with E-state index in [1.165, 1.54) is 11.6 Å². The van der Waals surface area contributed by atoms with Crippen LogP contribution in [0.25, 0.3) is 0 Å². The number of rotatable bonds is 4. The quantitative estimate of drug-likeness (QED) is 0.841. The smallest absolute Gasteiger partial charge is 0.126 e. The minimum Gasteiger partial charge on any atom is -0.382 e. The van der Waals surface area contributed by atoms with Gasteiger partial charge in [0, 0.05) is 16.2 Å². The molecule has 1 atom stereocenters. The Morgan fingerprint density at radius 1 is 1.21 bits per heavy atom. The normalized spacial score (nSPS) is 12.2. The van der Waals surface area contributed by atoms with E-state index in [2.05, 4.69) is 41.2 Å². The summed E-state index contributed by atoms with van der Waals surface area (Å²) in [4.78, 5) is 0. The lowest BCUT2D eigenvalue weighted by molar-refractivity contribution is 0.601. The second-order valence-corrected chi connectivity index (χ2v) is 5.72. The van der Waals surface area contributed by atoms with E-state index < -0.39 is 0 Å². The zero-order chi connectivity index (χ0) is 13.8. The zero-order valence-electron chi connectivity index (χ0n) is 11.1. The predicted octanol–water partition coefficient (Wildman–Crippen LogP) is 4.94. The van der Waals surface area contributed by atoms with E-state index in [1.807, 2.05) is 24.3 Å². The van der Waals surface area contributed by atoms with Gasteiger partial charge < -0.3 is 5.32 Å². The van der Waals surface area contributed by atoms with Gasteiger partial charge in [0.15, 0.2) is 0 Å². The molecule has 2 aromatic carbocycles. The Morgan fingerprint density at radius 2 is 1.95 bits per heavy atom. The van der Waals surface area contributed by atoms with Crippen molar-refractivity contribution in [2.75, 3.05) is 5.32 Å². The molecule has 1 unspecified atom stereocenters. The fourth-order valence-corrected chi connectivity index (χ4v) is 2.57. The summed E-state index contributed by atoms with van der Waals surface area (Å²) in [7, 11) is 0. The van der Waals surface area contributed by atoms with Crippen LogP contribution in [0.4, 0.5) is 10.1 Å². The van der Waals surface area contributed by atoms with Crippen molar-refractivity contribution in [1.29, 1.82) is 0 Å². The Labute approximate surface area is 122 Å². The summed E-state index contributed by atoms with van der Waals surface area (Å²) < 4.78 is 14.7. The highest BCUT2D eigenvalue weighted by Crippen LogP contribution is 2.21. The minimum atomic E-state index is -0.135. The number of aryl methyl sites for hydroxylation is 1. The van der Waals surface area contributed by atoms with Crippen molar-refractivity contribution >= 4 is 21.6 Å². The average Bonchev–Trinajstić information content (AvgIpc) is 2.36. The van der Waals surface area contributed by atoms with Crippen molar-refractivity contribution in [3.05, 3.63) is 63.9 Å². The van der Waals surface area contributed by atoms with Gasteiger partial charge >= 0.3 is 0 Å². The molecule has 0 saturated heterocycles. The molecule has 0 fully saturated rings. The highest BCUT2D eigenvalue weighted by molar-refractivity contribution is 9.10. The Bertz CT molecular complexity index is 568. The number of benzene rings is 2. The summed E-state index contributed by atoms with van der Waals surface area (Å²) >= 11 is 3.45. The van der Waals surface area contributed by atoms with Gasteiger partial charge in [0.25, 0.3) is 0 Å². The van der Waals surface area contributed by atoms with Gasteiger partial charge in [-0.1, -0.05) is 34.1 Å². The minimum absolute atomic E-state index is 0.135. The molecule has 0 amide bonds. The van der Waals surface area contributed by atoms with Gasteiger partial charge in [0.2, 0.25) is 0 Å². The van der Waals surface area contributed by atoms with Crippen LogP contribution < -0.4 is 5.32 Å². The van der Waals surface area contributed by atoms with Gasteiger partial charge in [-0.2, -0.15) is 0 Å². The summed E-state index contributed by atoms with van der Waals surface area (Å²) in [6.45, 7) is 4.12. The van der Waals surface area contributed by atoms with Gasteiger partial charge in [-0.3, -0.25) is 0 Å². The van der Waals surface area contributed by atoms with Crippen molar-refractivity contribution < 1.29 is 4.39 Å². The topological polar surface area (TPSA) is 12.0 Å². The maximum absolute atomic E-state index is 13.6. The second kappa shape index (κ2) is 6.20. The van der Waals surface area contributed by atoms with E-state index in [-0.39, 0.29) is 11.9 Å². The summed E-state index contributed by atoms with van der Waals surface area (Å²) in [5, 5.41) is 3.43. The molecular formula is C16H17BrFN. The van der Waals surface area contributed by atoms with E-state index in [4.69, 9.17) is 0 Å². The first-order valence-electron chi connectivity index (χ1n) is 6.32. The number of hydrogen-bond donors (Lipinski definition) is 1. The number of halogens is 2. The van der Waals surface area contributed by atoms with Crippen molar-refractivity contribution in [1.82, 2.24) is 0 Å². The van der Waals surface area contributed by atoms with Crippen LogP contribution in [0.15, 0.2) is 46.9 Å². The summed E-state index contributed by atoms with van der Waals surface area (Å²) in [5.74, 6) is -0.135. The van der Waals surface area contributed by atoms with Gasteiger partial charge in [-0.25, -0.2) is 4.39 Å². The molecule has 0 aliphatic heterocycles. The molecule has 100 valence electrons. The van der Waals surface area contributed by atoms with E-state index in [9.17, 15) is 4.39 Å². The molecule has 1 N–H and O–H groups in total. The van der Waals surface area contributed by atoms with Crippen LogP contribution in [0.1, 0.15) is 18.1 Å². The molecular weight excluding hydrogens is 305 g/mol. The lowest BCUT2D eigenvalue weighted by Gasteiger charge is -2.17. The molecule has 2 rings (SSSR count). The fourth-order valence-electron chi connectivity index (χ4n) is 2.10. The molecule has 0 aliphatic carbocycles. The van der Waals surface area contributed by atoms with Crippen molar-refractivity contribution in [2.45, 2.75) is 26.3 Å². The van der Waals surface area contributed by atoms with Crippen LogP contribution in [0.2, 0.25) is 0 Å². The van der Waals surface area contributed by atoms with Gasteiger partial charge in [-0.15, -0.1) is 0 Å². The first-order chi connectivity index (χ1) is 9.06. The number of hydrogen-bond acceptors (Lipinski definition) is 1. The van der Waals surface area contributed by atoms with Crippen LogP contribution in [-0.4, -0.2) is 6.04 Å². The molecule has 0 radical (unpaired) electrons. The monoisotopic (exact) mass is 321 g/mol. The Kier molecular flexibility index (Phi) is 4.59. The number of anilines is 1. The molecule has 0 bridgehead atoms. The van der Waals surface area contributed by atoms with Crippen molar-refractivity contribution in [3.8, 4) is 0 Å². The van der Waals surface area contributed by atoms with Crippen LogP contribution in [0.5, 0.6) is 0 Å². The Hall–Kier alpha value is -1.35. The highest BCUT2D eigenvalue weighted by Gasteiger charge is 2.08. The predicted molar refractivity (Wildman–Crippen MR) is 82.1 cm³/mol. The van der Waals surface area contributed by atoms with Crippen molar-refractivity contribution in [2.24, 2.45) is 0 Å². The molecule has 0 heterocycles. The Morgan fingerprint density at radius 3 is 2.63 bits per heavy atom. The second-order valence-electron chi connectivity index (χ2n) is 4.80. The molecule has 3 heteroatoms. The first kappa shape index (κ1) is 14.1. The molecule has 0 saturated carbocycles. The molecule has 1 nitrogen and oxygen atoms in total. The van der Waals surface area contributed by atoms with Crippen LogP contribution in [0.3, 0.4) is 0 Å². The van der Waals surface area contributed by atoms with E-state index in [0.717, 1.165) is 15.7 Å². The SMILES string of the molecule is Cc1cc(Br)ccc1NC(C)Cc1ccccc1F. The largest absolute Gasteiger partial charge is 0.382 e. The third-order valence-electron chi connectivity index (χ3n) is 3.07. The van der Waals surface area contributed by atoms with Gasteiger partial charge in [0.1, 0.15) is 5.82 Å². The third kappa shape index (κ3) is 3.80. The van der Waals surface area contributed by atoms with Crippen LogP contribution in [0, 0.1) is 12.7 Å². The van der Waals surface area contributed by atoms with E-state index in [1.54, 1.807) is 6.07 Å². The highest BCUT2D eigenvalue weighted by atomic mass is 79.9.